The molecule has 0 radical (unpaired) electrons. The highest BCUT2D eigenvalue weighted by Crippen LogP contribution is 2.32. The first-order chi connectivity index (χ1) is 15.1. The van der Waals surface area contributed by atoms with Crippen LogP contribution in [0.1, 0.15) is 59.8 Å². The number of aromatic nitrogens is 1. The van der Waals surface area contributed by atoms with Gasteiger partial charge in [-0.2, -0.15) is 0 Å². The molecule has 1 saturated carbocycles. The first-order valence-electron chi connectivity index (χ1n) is 11.3. The van der Waals surface area contributed by atoms with E-state index in [0.29, 0.717) is 24.6 Å². The highest BCUT2D eigenvalue weighted by atomic mass is 16.6. The number of carbonyl (C=O) groups is 3. The van der Waals surface area contributed by atoms with Crippen LogP contribution in [0.2, 0.25) is 0 Å². The number of nitrogens with one attached hydrogen (secondary N) is 3. The summed E-state index contributed by atoms with van der Waals surface area (Å²) in [7, 11) is 0. The number of nitrogens with zero attached hydrogens (tertiary/aromatic N) is 1. The van der Waals surface area contributed by atoms with Gasteiger partial charge in [0.15, 0.2) is 12.2 Å². The molecule has 2 fully saturated rings. The Morgan fingerprint density at radius 2 is 1.91 bits per heavy atom. The third-order valence-electron chi connectivity index (χ3n) is 5.72. The Bertz CT molecular complexity index is 830. The lowest BCUT2D eigenvalue weighted by Crippen LogP contribution is -2.47. The van der Waals surface area contributed by atoms with E-state index in [-0.39, 0.29) is 17.6 Å². The van der Waals surface area contributed by atoms with Crippen molar-refractivity contribution in [3.63, 3.8) is 0 Å². The number of rotatable bonds is 6. The van der Waals surface area contributed by atoms with Crippen LogP contribution >= 0.6 is 0 Å². The van der Waals surface area contributed by atoms with Gasteiger partial charge in [0, 0.05) is 36.7 Å². The molecule has 0 bridgehead atoms. The maximum Gasteiger partial charge on any atom is 0.408 e. The molecular weight excluding hydrogens is 412 g/mol. The van der Waals surface area contributed by atoms with Crippen molar-refractivity contribution in [2.75, 3.05) is 11.9 Å². The van der Waals surface area contributed by atoms with E-state index in [0.717, 1.165) is 25.7 Å². The van der Waals surface area contributed by atoms with Gasteiger partial charge in [0.05, 0.1) is 0 Å². The summed E-state index contributed by atoms with van der Waals surface area (Å²) in [6, 6.07) is 3.20. The van der Waals surface area contributed by atoms with Gasteiger partial charge in [-0.1, -0.05) is 19.8 Å². The molecule has 9 nitrogen and oxygen atoms in total. The molecule has 3 amide bonds. The zero-order chi connectivity index (χ0) is 23.3. The number of alkyl carbamates (subject to hydrolysis) is 1. The third-order valence-corrected chi connectivity index (χ3v) is 5.72. The van der Waals surface area contributed by atoms with Gasteiger partial charge in [0.1, 0.15) is 11.6 Å². The molecule has 3 rings (SSSR count). The summed E-state index contributed by atoms with van der Waals surface area (Å²) in [6.07, 6.45) is 3.61. The van der Waals surface area contributed by atoms with Gasteiger partial charge in [-0.05, 0) is 45.6 Å². The minimum atomic E-state index is -0.920. The van der Waals surface area contributed by atoms with Crippen LogP contribution < -0.4 is 20.7 Å². The fourth-order valence-corrected chi connectivity index (χ4v) is 4.00. The quantitative estimate of drug-likeness (QED) is 0.618. The van der Waals surface area contributed by atoms with Gasteiger partial charge in [-0.15, -0.1) is 0 Å². The van der Waals surface area contributed by atoms with E-state index >= 15 is 0 Å². The van der Waals surface area contributed by atoms with Crippen LogP contribution in [-0.2, 0) is 14.3 Å². The van der Waals surface area contributed by atoms with E-state index < -0.39 is 29.7 Å². The van der Waals surface area contributed by atoms with Gasteiger partial charge in [-0.25, -0.2) is 9.78 Å². The van der Waals surface area contributed by atoms with Crippen LogP contribution in [0.4, 0.5) is 10.6 Å². The Labute approximate surface area is 189 Å². The summed E-state index contributed by atoms with van der Waals surface area (Å²) in [5.41, 5.74) is -0.473. The first kappa shape index (κ1) is 23.8. The van der Waals surface area contributed by atoms with E-state index in [1.165, 1.54) is 6.20 Å². The van der Waals surface area contributed by atoms with Crippen LogP contribution in [0.15, 0.2) is 18.3 Å². The van der Waals surface area contributed by atoms with Crippen molar-refractivity contribution in [2.24, 2.45) is 11.8 Å². The van der Waals surface area contributed by atoms with Crippen molar-refractivity contribution < 1.29 is 23.9 Å². The number of pyridine rings is 1. The van der Waals surface area contributed by atoms with Crippen molar-refractivity contribution in [3.8, 4) is 5.75 Å². The Kier molecular flexibility index (Phi) is 7.58. The summed E-state index contributed by atoms with van der Waals surface area (Å²) in [4.78, 5) is 41.5. The molecule has 3 N–H and O–H groups in total. The normalized spacial score (nSPS) is 24.2. The molecule has 0 unspecified atom stereocenters. The average Bonchev–Trinajstić information content (AvgIpc) is 3.10. The Balaban J connectivity index is 1.69. The van der Waals surface area contributed by atoms with E-state index in [9.17, 15) is 14.4 Å². The van der Waals surface area contributed by atoms with Gasteiger partial charge < -0.3 is 25.4 Å². The number of ether oxygens (including phenoxy) is 2. The van der Waals surface area contributed by atoms with Crippen LogP contribution in [0.3, 0.4) is 0 Å². The molecule has 0 aromatic carbocycles. The van der Waals surface area contributed by atoms with E-state index in [2.05, 4.69) is 27.9 Å². The molecule has 2 aliphatic rings. The Hall–Kier alpha value is -2.84. The van der Waals surface area contributed by atoms with E-state index in [4.69, 9.17) is 9.47 Å². The van der Waals surface area contributed by atoms with Crippen molar-refractivity contribution in [1.29, 1.82) is 0 Å². The molecule has 1 aromatic heterocycles. The minimum absolute atomic E-state index is 0.0569. The first-order valence-corrected chi connectivity index (χ1v) is 11.3. The largest absolute Gasteiger partial charge is 0.480 e. The molecule has 1 aliphatic heterocycles. The number of carbonyl (C=O) groups excluding carboxylic acids is 3. The van der Waals surface area contributed by atoms with Crippen LogP contribution in [0.5, 0.6) is 5.75 Å². The topological polar surface area (TPSA) is 119 Å². The summed E-state index contributed by atoms with van der Waals surface area (Å²) < 4.78 is 11.3. The highest BCUT2D eigenvalue weighted by molar-refractivity contribution is 5.95. The summed E-state index contributed by atoms with van der Waals surface area (Å²) in [5.74, 6) is 0.681. The highest BCUT2D eigenvalue weighted by Gasteiger charge is 2.35. The third kappa shape index (κ3) is 6.83. The van der Waals surface area contributed by atoms with Crippen molar-refractivity contribution in [2.45, 2.75) is 77.5 Å². The van der Waals surface area contributed by atoms with E-state index in [1.54, 1.807) is 12.1 Å². The zero-order valence-electron chi connectivity index (χ0n) is 19.3. The minimum Gasteiger partial charge on any atom is -0.480 e. The predicted octanol–water partition coefficient (Wildman–Crippen LogP) is 3.01. The van der Waals surface area contributed by atoms with Gasteiger partial charge >= 0.3 is 6.09 Å². The van der Waals surface area contributed by atoms with Gasteiger partial charge in [-0.3, -0.25) is 9.59 Å². The molecule has 9 heteroatoms. The second kappa shape index (κ2) is 10.2. The molecule has 32 heavy (non-hydrogen) atoms. The van der Waals surface area contributed by atoms with E-state index in [1.807, 2.05) is 20.8 Å². The van der Waals surface area contributed by atoms with Crippen molar-refractivity contribution in [3.05, 3.63) is 18.3 Å². The fraction of sp³-hybridized carbons (Fsp3) is 0.652. The summed E-state index contributed by atoms with van der Waals surface area (Å²) in [6.45, 7) is 8.33. The Morgan fingerprint density at radius 1 is 1.19 bits per heavy atom. The molecule has 176 valence electrons. The standard InChI is InChI=1S/C23H34N4O5/c1-14-5-7-15(8-6-14)19(32-22(30)27-23(2,3)4)21(29)26-18-13-16(9-11-24-18)31-17-10-12-25-20(17)28/h9,11,13-15,17,19H,5-8,10,12H2,1-4H3,(H,25,28)(H,27,30)(H,24,26,29)/t14?,15?,17-,19-/m0/s1. The predicted molar refractivity (Wildman–Crippen MR) is 119 cm³/mol. The smallest absolute Gasteiger partial charge is 0.408 e. The second-order valence-corrected chi connectivity index (χ2v) is 9.77. The lowest BCUT2D eigenvalue weighted by Gasteiger charge is -2.32. The molecule has 2 heterocycles. The van der Waals surface area contributed by atoms with Crippen LogP contribution in [-0.4, -0.2) is 47.2 Å². The summed E-state index contributed by atoms with van der Waals surface area (Å²) >= 11 is 0. The molecule has 1 aliphatic carbocycles. The second-order valence-electron chi connectivity index (χ2n) is 9.77. The lowest BCUT2D eigenvalue weighted by atomic mass is 9.80. The fourth-order valence-electron chi connectivity index (χ4n) is 4.00. The molecule has 1 saturated heterocycles. The molecule has 0 spiro atoms. The maximum atomic E-state index is 13.1. The molecular formula is C23H34N4O5. The summed E-state index contributed by atoms with van der Waals surface area (Å²) in [5, 5.41) is 8.24. The van der Waals surface area contributed by atoms with Crippen molar-refractivity contribution in [1.82, 2.24) is 15.6 Å². The monoisotopic (exact) mass is 446 g/mol. The Morgan fingerprint density at radius 3 is 2.53 bits per heavy atom. The molecule has 2 atom stereocenters. The maximum absolute atomic E-state index is 13.1. The van der Waals surface area contributed by atoms with Crippen LogP contribution in [0.25, 0.3) is 0 Å². The van der Waals surface area contributed by atoms with Gasteiger partial charge in [0.2, 0.25) is 0 Å². The number of hydrogen-bond acceptors (Lipinski definition) is 6. The SMILES string of the molecule is CC1CCC([C@H](OC(=O)NC(C)(C)C)C(=O)Nc2cc(O[C@H]3CCNC3=O)ccn2)CC1. The molecule has 1 aromatic rings. The number of anilines is 1. The van der Waals surface area contributed by atoms with Crippen LogP contribution in [0, 0.1) is 11.8 Å². The zero-order valence-corrected chi connectivity index (χ0v) is 19.3. The number of hydrogen-bond donors (Lipinski definition) is 3. The van der Waals surface area contributed by atoms with Crippen molar-refractivity contribution >= 4 is 23.7 Å². The number of amides is 3. The lowest BCUT2D eigenvalue weighted by molar-refractivity contribution is -0.128. The van der Waals surface area contributed by atoms with Gasteiger partial charge in [0.25, 0.3) is 11.8 Å². The average molecular weight is 447 g/mol.